The minimum absolute atomic E-state index is 0.163. The Hall–Kier alpha value is -1.55. The van der Waals surface area contributed by atoms with Crippen molar-refractivity contribution in [1.29, 1.82) is 0 Å². The van der Waals surface area contributed by atoms with Gasteiger partial charge in [0, 0.05) is 18.5 Å². The number of hydrogen-bond acceptors (Lipinski definition) is 4. The fourth-order valence-electron chi connectivity index (χ4n) is 3.36. The van der Waals surface area contributed by atoms with E-state index >= 15 is 0 Å². The van der Waals surface area contributed by atoms with E-state index in [0.717, 1.165) is 49.5 Å². The Bertz CT molecular complexity index is 548. The van der Waals surface area contributed by atoms with Gasteiger partial charge in [-0.2, -0.15) is 0 Å². The van der Waals surface area contributed by atoms with E-state index in [4.69, 9.17) is 4.74 Å². The lowest BCUT2D eigenvalue weighted by Crippen LogP contribution is -2.45. The number of rotatable bonds is 2. The summed E-state index contributed by atoms with van der Waals surface area (Å²) in [6.07, 6.45) is 1.88. The minimum atomic E-state index is -0.192. The van der Waals surface area contributed by atoms with Crippen molar-refractivity contribution in [2.45, 2.75) is 32.3 Å². The van der Waals surface area contributed by atoms with Gasteiger partial charge in [-0.3, -0.25) is 4.79 Å². The fraction of sp³-hybridized carbons (Fsp3) is 0.588. The van der Waals surface area contributed by atoms with Crippen molar-refractivity contribution in [3.8, 4) is 5.75 Å². The van der Waals surface area contributed by atoms with Crippen molar-refractivity contribution in [2.75, 3.05) is 31.6 Å². The zero-order valence-corrected chi connectivity index (χ0v) is 13.1. The number of nitrogens with one attached hydrogen (secondary N) is 1. The second kappa shape index (κ2) is 5.34. The van der Waals surface area contributed by atoms with Gasteiger partial charge in [0.2, 0.25) is 0 Å². The van der Waals surface area contributed by atoms with Crippen LogP contribution in [0.2, 0.25) is 0 Å². The summed E-state index contributed by atoms with van der Waals surface area (Å²) in [5.74, 6) is 1.31. The monoisotopic (exact) mass is 288 g/mol. The number of hydrogen-bond donors (Lipinski definition) is 1. The van der Waals surface area contributed by atoms with Crippen LogP contribution in [0.25, 0.3) is 0 Å². The lowest BCUT2D eigenvalue weighted by atomic mass is 9.89. The molecule has 0 bridgehead atoms. The van der Waals surface area contributed by atoms with E-state index in [1.54, 1.807) is 0 Å². The molecule has 2 aliphatic heterocycles. The lowest BCUT2D eigenvalue weighted by Gasteiger charge is -2.39. The average molecular weight is 288 g/mol. The second-order valence-corrected chi connectivity index (χ2v) is 6.79. The second-order valence-electron chi connectivity index (χ2n) is 6.79. The van der Waals surface area contributed by atoms with Crippen molar-refractivity contribution in [1.82, 2.24) is 5.32 Å². The fourth-order valence-corrected chi connectivity index (χ4v) is 3.36. The van der Waals surface area contributed by atoms with E-state index in [0.29, 0.717) is 0 Å². The van der Waals surface area contributed by atoms with Crippen molar-refractivity contribution < 1.29 is 9.53 Å². The van der Waals surface area contributed by atoms with E-state index < -0.39 is 0 Å². The number of ether oxygens (including phenoxy) is 1. The number of likely N-dealkylation sites (N-methyl/N-ethyl adjacent to an activating group) is 1. The van der Waals surface area contributed by atoms with Crippen LogP contribution in [0.3, 0.4) is 0 Å². The van der Waals surface area contributed by atoms with Crippen LogP contribution in [0.15, 0.2) is 18.2 Å². The molecule has 0 aliphatic carbocycles. The molecular weight excluding hydrogens is 264 g/mol. The molecule has 1 fully saturated rings. The predicted octanol–water partition coefficient (Wildman–Crippen LogP) is 2.48. The first-order chi connectivity index (χ1) is 9.96. The summed E-state index contributed by atoms with van der Waals surface area (Å²) in [4.78, 5) is 14.8. The van der Waals surface area contributed by atoms with Crippen molar-refractivity contribution >= 4 is 11.5 Å². The highest BCUT2D eigenvalue weighted by molar-refractivity contribution is 5.99. The van der Waals surface area contributed by atoms with Gasteiger partial charge in [-0.25, -0.2) is 0 Å². The number of carbonyl (C=O) groups excluding carboxylic acids is 1. The number of benzene rings is 1. The lowest BCUT2D eigenvalue weighted by molar-refractivity contribution is 0.0894. The molecule has 1 aromatic rings. The molecule has 0 spiro atoms. The normalized spacial score (nSPS) is 21.6. The standard InChI is InChI=1S/C17H24N2O2/c1-17(2)11-19(3)14-10-13(4-5-15(14)21-17)16(20)12-6-8-18-9-7-12/h4-5,10,12,18H,6-9,11H2,1-3H3. The van der Waals surface area contributed by atoms with Gasteiger partial charge in [-0.1, -0.05) is 0 Å². The van der Waals surface area contributed by atoms with E-state index in [1.165, 1.54) is 0 Å². The van der Waals surface area contributed by atoms with Crippen molar-refractivity contribution in [3.05, 3.63) is 23.8 Å². The first kappa shape index (κ1) is 14.4. The molecule has 3 rings (SSSR count). The molecule has 0 aromatic heterocycles. The molecular formula is C17H24N2O2. The largest absolute Gasteiger partial charge is 0.484 e. The Kier molecular flexibility index (Phi) is 3.66. The summed E-state index contributed by atoms with van der Waals surface area (Å²) in [5, 5.41) is 3.31. The first-order valence-corrected chi connectivity index (χ1v) is 7.75. The minimum Gasteiger partial charge on any atom is -0.484 e. The molecule has 1 aromatic carbocycles. The molecule has 4 heteroatoms. The van der Waals surface area contributed by atoms with Gasteiger partial charge in [-0.15, -0.1) is 0 Å². The van der Waals surface area contributed by atoms with Crippen LogP contribution >= 0.6 is 0 Å². The van der Waals surface area contributed by atoms with Crippen LogP contribution in [0, 0.1) is 5.92 Å². The summed E-state index contributed by atoms with van der Waals surface area (Å²) >= 11 is 0. The molecule has 0 amide bonds. The maximum absolute atomic E-state index is 12.6. The molecule has 0 saturated carbocycles. The number of anilines is 1. The molecule has 1 N–H and O–H groups in total. The van der Waals surface area contributed by atoms with Gasteiger partial charge >= 0.3 is 0 Å². The molecule has 2 aliphatic rings. The van der Waals surface area contributed by atoms with Gasteiger partial charge in [0.25, 0.3) is 0 Å². The highest BCUT2D eigenvalue weighted by Crippen LogP contribution is 2.37. The maximum Gasteiger partial charge on any atom is 0.166 e. The van der Waals surface area contributed by atoms with Crippen LogP contribution in [-0.4, -0.2) is 38.1 Å². The van der Waals surface area contributed by atoms with Crippen molar-refractivity contribution in [2.24, 2.45) is 5.92 Å². The molecule has 0 radical (unpaired) electrons. The number of nitrogens with zero attached hydrogens (tertiary/aromatic N) is 1. The molecule has 2 heterocycles. The zero-order valence-electron chi connectivity index (χ0n) is 13.1. The van der Waals surface area contributed by atoms with Crippen molar-refractivity contribution in [3.63, 3.8) is 0 Å². The highest BCUT2D eigenvalue weighted by Gasteiger charge is 2.31. The predicted molar refractivity (Wildman–Crippen MR) is 84.3 cm³/mol. The quantitative estimate of drug-likeness (QED) is 0.849. The molecule has 1 saturated heterocycles. The topological polar surface area (TPSA) is 41.6 Å². The summed E-state index contributed by atoms with van der Waals surface area (Å²) in [6.45, 7) is 6.88. The zero-order chi connectivity index (χ0) is 15.0. The van der Waals surface area contributed by atoms with E-state index in [1.807, 2.05) is 18.2 Å². The van der Waals surface area contributed by atoms with Gasteiger partial charge in [0.05, 0.1) is 12.2 Å². The van der Waals surface area contributed by atoms with Gasteiger partial charge in [0.15, 0.2) is 5.78 Å². The molecule has 21 heavy (non-hydrogen) atoms. The van der Waals surface area contributed by atoms with Crippen LogP contribution < -0.4 is 15.0 Å². The van der Waals surface area contributed by atoms with E-state index in [2.05, 4.69) is 31.1 Å². The number of Topliss-reactive ketones (excluding diaryl/α,β-unsaturated/α-hetero) is 1. The summed E-state index contributed by atoms with van der Waals surface area (Å²) in [5.41, 5.74) is 1.65. The third-order valence-electron chi connectivity index (χ3n) is 4.37. The first-order valence-electron chi connectivity index (χ1n) is 7.75. The van der Waals surface area contributed by atoms with Crippen LogP contribution in [0.1, 0.15) is 37.0 Å². The summed E-state index contributed by atoms with van der Waals surface area (Å²) in [7, 11) is 2.06. The maximum atomic E-state index is 12.6. The summed E-state index contributed by atoms with van der Waals surface area (Å²) < 4.78 is 6.01. The van der Waals surface area contributed by atoms with Crippen LogP contribution in [-0.2, 0) is 0 Å². The van der Waals surface area contributed by atoms with Gasteiger partial charge in [-0.05, 0) is 58.0 Å². The molecule has 4 nitrogen and oxygen atoms in total. The molecule has 114 valence electrons. The summed E-state index contributed by atoms with van der Waals surface area (Å²) in [6, 6.07) is 5.86. The Morgan fingerprint density at radius 3 is 2.76 bits per heavy atom. The van der Waals surface area contributed by atoms with Crippen LogP contribution in [0.5, 0.6) is 5.75 Å². The number of carbonyl (C=O) groups is 1. The molecule has 0 unspecified atom stereocenters. The van der Waals surface area contributed by atoms with Gasteiger partial charge in [0.1, 0.15) is 11.4 Å². The third-order valence-corrected chi connectivity index (χ3v) is 4.37. The average Bonchev–Trinajstić information content (AvgIpc) is 2.46. The third kappa shape index (κ3) is 2.91. The Balaban J connectivity index is 1.86. The Morgan fingerprint density at radius 1 is 1.33 bits per heavy atom. The SMILES string of the molecule is CN1CC(C)(C)Oc2ccc(C(=O)C3CCNCC3)cc21. The van der Waals surface area contributed by atoms with Crippen LogP contribution in [0.4, 0.5) is 5.69 Å². The Morgan fingerprint density at radius 2 is 2.05 bits per heavy atom. The molecule has 0 atom stereocenters. The van der Waals surface area contributed by atoms with Gasteiger partial charge < -0.3 is 15.0 Å². The smallest absolute Gasteiger partial charge is 0.166 e. The number of piperidine rings is 1. The highest BCUT2D eigenvalue weighted by atomic mass is 16.5. The number of ketones is 1. The van der Waals surface area contributed by atoms with E-state index in [-0.39, 0.29) is 17.3 Å². The Labute approximate surface area is 126 Å². The van der Waals surface area contributed by atoms with E-state index in [9.17, 15) is 4.79 Å². The number of fused-ring (bicyclic) bond motifs is 1.